The molecule has 0 amide bonds. The summed E-state index contributed by atoms with van der Waals surface area (Å²) in [5, 5.41) is 28.2. The molecule has 134 valence electrons. The predicted molar refractivity (Wildman–Crippen MR) is 106 cm³/mol. The second kappa shape index (κ2) is 7.45. The predicted octanol–water partition coefficient (Wildman–Crippen LogP) is 4.56. The molecule has 0 bridgehead atoms. The fraction of sp³-hybridized carbons (Fsp3) is 0.200. The lowest BCUT2D eigenvalue weighted by Gasteiger charge is -2.06. The summed E-state index contributed by atoms with van der Waals surface area (Å²) < 4.78 is 7.12. The number of rotatable bonds is 5. The smallest absolute Gasteiger partial charge is 0.225 e. The normalized spacial score (nSPS) is 11.6. The molecule has 0 saturated heterocycles. The van der Waals surface area contributed by atoms with E-state index in [0.29, 0.717) is 10.4 Å². The van der Waals surface area contributed by atoms with Crippen molar-refractivity contribution >= 4 is 28.1 Å². The summed E-state index contributed by atoms with van der Waals surface area (Å²) in [5.41, 5.74) is 2.93. The summed E-state index contributed by atoms with van der Waals surface area (Å²) in [7, 11) is 0. The van der Waals surface area contributed by atoms with Crippen molar-refractivity contribution < 1.29 is 4.74 Å². The van der Waals surface area contributed by atoms with Gasteiger partial charge in [0.15, 0.2) is 0 Å². The van der Waals surface area contributed by atoms with Gasteiger partial charge in [0.1, 0.15) is 28.6 Å². The maximum atomic E-state index is 9.46. The first kappa shape index (κ1) is 18.4. The molecule has 0 radical (unpaired) electrons. The van der Waals surface area contributed by atoms with Crippen LogP contribution in [0.2, 0.25) is 0 Å². The number of hydrogen-bond acceptors (Lipinski definition) is 6. The van der Waals surface area contributed by atoms with E-state index in [0.717, 1.165) is 27.2 Å². The van der Waals surface area contributed by atoms with Crippen molar-refractivity contribution in [2.75, 3.05) is 6.61 Å². The van der Waals surface area contributed by atoms with Crippen LogP contribution in [-0.4, -0.2) is 22.1 Å². The van der Waals surface area contributed by atoms with Crippen LogP contribution in [0.4, 0.5) is 0 Å². The zero-order chi connectivity index (χ0) is 19.6. The monoisotopic (exact) mass is 375 g/mol. The number of benzene rings is 1. The van der Waals surface area contributed by atoms with Crippen LogP contribution >= 0.6 is 11.3 Å². The van der Waals surface area contributed by atoms with Crippen LogP contribution in [-0.2, 0) is 4.74 Å². The molecule has 0 aliphatic heterocycles. The van der Waals surface area contributed by atoms with Crippen molar-refractivity contribution in [2.45, 2.75) is 19.9 Å². The quantitative estimate of drug-likeness (QED) is 0.401. The first-order valence-electron chi connectivity index (χ1n) is 8.24. The zero-order valence-electron chi connectivity index (χ0n) is 15.0. The van der Waals surface area contributed by atoms with Crippen molar-refractivity contribution in [3.05, 3.63) is 53.2 Å². The molecule has 0 saturated carbocycles. The van der Waals surface area contributed by atoms with Crippen LogP contribution in [0.5, 0.6) is 0 Å². The van der Waals surface area contributed by atoms with Crippen LogP contribution in [0.15, 0.2) is 37.1 Å². The number of nitriles is 2. The Morgan fingerprint density at radius 2 is 2.26 bits per heavy atom. The highest BCUT2D eigenvalue weighted by atomic mass is 32.1. The SMILES string of the molecule is C=CCOC(=N)c1sc(-c2ccc3c(c2)c(C#N)cn3C(C)C#N)nc1C. The van der Waals surface area contributed by atoms with Gasteiger partial charge in [0, 0.05) is 17.1 Å². The number of thiazole rings is 1. The molecule has 27 heavy (non-hydrogen) atoms. The number of ether oxygens (including phenoxy) is 1. The van der Waals surface area contributed by atoms with Gasteiger partial charge in [-0.2, -0.15) is 10.5 Å². The Morgan fingerprint density at radius 1 is 1.48 bits per heavy atom. The molecule has 1 N–H and O–H groups in total. The summed E-state index contributed by atoms with van der Waals surface area (Å²) in [4.78, 5) is 5.23. The van der Waals surface area contributed by atoms with Gasteiger partial charge in [-0.1, -0.05) is 12.7 Å². The Hall–Kier alpha value is -3.42. The number of hydrogen-bond donors (Lipinski definition) is 1. The highest BCUT2D eigenvalue weighted by Gasteiger charge is 2.17. The minimum atomic E-state index is -0.364. The van der Waals surface area contributed by atoms with E-state index in [4.69, 9.17) is 10.1 Å². The third-order valence-corrected chi connectivity index (χ3v) is 5.36. The topological polar surface area (TPSA) is 98.5 Å². The summed E-state index contributed by atoms with van der Waals surface area (Å²) in [5.74, 6) is 0.0731. The van der Waals surface area contributed by atoms with Gasteiger partial charge in [0.05, 0.1) is 22.8 Å². The van der Waals surface area contributed by atoms with Crippen LogP contribution in [0.25, 0.3) is 21.5 Å². The van der Waals surface area contributed by atoms with Crippen LogP contribution in [0.1, 0.15) is 29.1 Å². The van der Waals surface area contributed by atoms with E-state index < -0.39 is 0 Å². The third-order valence-electron chi connectivity index (χ3n) is 4.15. The molecule has 1 aromatic carbocycles. The molecule has 7 heteroatoms. The fourth-order valence-electron chi connectivity index (χ4n) is 2.80. The van der Waals surface area contributed by atoms with E-state index in [9.17, 15) is 10.5 Å². The van der Waals surface area contributed by atoms with Crippen molar-refractivity contribution in [3.8, 4) is 22.7 Å². The standard InChI is InChI=1S/C20H17N5OS/c1-4-7-26-19(23)18-13(3)24-20(27-18)14-5-6-17-16(8-14)15(10-22)11-25(17)12(2)9-21/h4-6,8,11-12,23H,1,7H2,2-3H3. The Labute approximate surface area is 161 Å². The van der Waals surface area contributed by atoms with E-state index in [-0.39, 0.29) is 18.5 Å². The molecule has 0 fully saturated rings. The molecule has 2 heterocycles. The molecule has 3 aromatic rings. The van der Waals surface area contributed by atoms with E-state index in [1.54, 1.807) is 23.8 Å². The van der Waals surface area contributed by atoms with Gasteiger partial charge in [-0.3, -0.25) is 5.41 Å². The zero-order valence-corrected chi connectivity index (χ0v) is 15.8. The van der Waals surface area contributed by atoms with E-state index >= 15 is 0 Å². The average molecular weight is 375 g/mol. The van der Waals surface area contributed by atoms with Crippen molar-refractivity contribution in [3.63, 3.8) is 0 Å². The molecule has 3 rings (SSSR count). The number of fused-ring (bicyclic) bond motifs is 1. The molecular formula is C20H17N5OS. The van der Waals surface area contributed by atoms with Crippen LogP contribution in [0, 0.1) is 35.0 Å². The van der Waals surface area contributed by atoms with E-state index in [2.05, 4.69) is 23.7 Å². The van der Waals surface area contributed by atoms with Gasteiger partial charge in [0.25, 0.3) is 0 Å². The van der Waals surface area contributed by atoms with Gasteiger partial charge >= 0.3 is 0 Å². The highest BCUT2D eigenvalue weighted by Crippen LogP contribution is 2.33. The minimum absolute atomic E-state index is 0.0731. The van der Waals surface area contributed by atoms with E-state index in [1.807, 2.05) is 25.1 Å². The summed E-state index contributed by atoms with van der Waals surface area (Å²) in [6.07, 6.45) is 3.30. The summed E-state index contributed by atoms with van der Waals surface area (Å²) in [6.45, 7) is 7.49. The van der Waals surface area contributed by atoms with Crippen molar-refractivity contribution in [1.82, 2.24) is 9.55 Å². The molecule has 1 unspecified atom stereocenters. The average Bonchev–Trinajstić information content (AvgIpc) is 3.25. The Morgan fingerprint density at radius 3 is 2.93 bits per heavy atom. The number of nitrogens with one attached hydrogen (secondary N) is 1. The molecule has 0 aliphatic carbocycles. The lowest BCUT2D eigenvalue weighted by atomic mass is 10.1. The second-order valence-corrected chi connectivity index (χ2v) is 6.96. The lowest BCUT2D eigenvalue weighted by Crippen LogP contribution is -2.04. The van der Waals surface area contributed by atoms with Crippen LogP contribution in [0.3, 0.4) is 0 Å². The Bertz CT molecular complexity index is 1130. The van der Waals surface area contributed by atoms with Gasteiger partial charge in [-0.15, -0.1) is 11.3 Å². The molecule has 0 spiro atoms. The first-order chi connectivity index (χ1) is 13.0. The van der Waals surface area contributed by atoms with Crippen LogP contribution < -0.4 is 0 Å². The van der Waals surface area contributed by atoms with Gasteiger partial charge in [-0.25, -0.2) is 4.98 Å². The third kappa shape index (κ3) is 3.33. The number of aryl methyl sites for hydroxylation is 1. The Balaban J connectivity index is 2.06. The minimum Gasteiger partial charge on any atom is -0.473 e. The Kier molecular flexibility index (Phi) is 5.07. The van der Waals surface area contributed by atoms with Gasteiger partial charge in [-0.05, 0) is 32.0 Å². The molecule has 2 aromatic heterocycles. The molecular weight excluding hydrogens is 358 g/mol. The number of aromatic nitrogens is 2. The molecule has 6 nitrogen and oxygen atoms in total. The maximum Gasteiger partial charge on any atom is 0.225 e. The largest absolute Gasteiger partial charge is 0.473 e. The maximum absolute atomic E-state index is 9.46. The molecule has 1 atom stereocenters. The van der Waals surface area contributed by atoms with E-state index in [1.165, 1.54) is 11.3 Å². The molecule has 0 aliphatic rings. The van der Waals surface area contributed by atoms with Gasteiger partial charge < -0.3 is 9.30 Å². The van der Waals surface area contributed by atoms with Crippen molar-refractivity contribution in [1.29, 1.82) is 15.9 Å². The second-order valence-electron chi connectivity index (χ2n) is 5.96. The highest BCUT2D eigenvalue weighted by molar-refractivity contribution is 7.17. The number of nitrogens with zero attached hydrogens (tertiary/aromatic N) is 4. The summed E-state index contributed by atoms with van der Waals surface area (Å²) >= 11 is 1.37. The fourth-order valence-corrected chi connectivity index (χ4v) is 3.76. The lowest BCUT2D eigenvalue weighted by molar-refractivity contribution is 0.349. The first-order valence-corrected chi connectivity index (χ1v) is 9.06. The summed E-state index contributed by atoms with van der Waals surface area (Å²) in [6, 6.07) is 9.75. The van der Waals surface area contributed by atoms with Crippen molar-refractivity contribution in [2.24, 2.45) is 0 Å². The van der Waals surface area contributed by atoms with Gasteiger partial charge in [0.2, 0.25) is 5.90 Å².